The fourth-order valence-electron chi connectivity index (χ4n) is 3.13. The van der Waals surface area contributed by atoms with Crippen LogP contribution in [0.4, 0.5) is 0 Å². The largest absolute Gasteiger partial charge is 0.366 e. The van der Waals surface area contributed by atoms with Gasteiger partial charge in [-0.05, 0) is 42.1 Å². The summed E-state index contributed by atoms with van der Waals surface area (Å²) < 4.78 is 0. The fourth-order valence-corrected chi connectivity index (χ4v) is 3.13. The van der Waals surface area contributed by atoms with Gasteiger partial charge in [-0.2, -0.15) is 5.26 Å². The van der Waals surface area contributed by atoms with Crippen LogP contribution in [0.5, 0.6) is 0 Å². The lowest BCUT2D eigenvalue weighted by Crippen LogP contribution is -2.35. The summed E-state index contributed by atoms with van der Waals surface area (Å²) in [4.78, 5) is 10.2. The van der Waals surface area contributed by atoms with Gasteiger partial charge >= 0.3 is 0 Å². The molecule has 3 rings (SSSR count). The van der Waals surface area contributed by atoms with Gasteiger partial charge in [0.05, 0.1) is 17.7 Å². The van der Waals surface area contributed by atoms with E-state index < -0.39 is 0 Å². The highest BCUT2D eigenvalue weighted by Crippen LogP contribution is 2.33. The first-order chi connectivity index (χ1) is 12.7. The van der Waals surface area contributed by atoms with Crippen molar-refractivity contribution in [3.8, 4) is 6.07 Å². The van der Waals surface area contributed by atoms with Crippen molar-refractivity contribution >= 4 is 23.3 Å². The van der Waals surface area contributed by atoms with Crippen LogP contribution in [0, 0.1) is 17.2 Å². The number of fused-ring (bicyclic) bond motifs is 1. The average Bonchev–Trinajstić information content (AvgIpc) is 3.12. The van der Waals surface area contributed by atoms with Gasteiger partial charge in [0, 0.05) is 19.4 Å². The zero-order valence-electron chi connectivity index (χ0n) is 14.9. The molecule has 5 heteroatoms. The topological polar surface area (TPSA) is 63.8 Å². The number of nitrogens with one attached hydrogen (secondary N) is 1. The molecule has 26 heavy (non-hydrogen) atoms. The van der Waals surface area contributed by atoms with Crippen molar-refractivity contribution in [1.82, 2.24) is 10.2 Å². The Kier molecular flexibility index (Phi) is 5.14. The third kappa shape index (κ3) is 3.22. The Bertz CT molecular complexity index is 948. The standard InChI is InChI=1S/C21H21N5/c1-15(13-22)19-14-25-21(26(19)20(24-3)10-11-23-2)18-9-8-16-6-4-5-7-17(16)12-18/h4-12,14-15,21,25H,2H2,1,3H3/b11-10-,24-20?. The van der Waals surface area contributed by atoms with Crippen LogP contribution in [0.1, 0.15) is 18.7 Å². The lowest BCUT2D eigenvalue weighted by Gasteiger charge is -2.30. The normalized spacial score (nSPS) is 18.5. The lowest BCUT2D eigenvalue weighted by atomic mass is 10.0. The summed E-state index contributed by atoms with van der Waals surface area (Å²) in [7, 11) is 1.73. The number of rotatable bonds is 4. The molecule has 0 saturated carbocycles. The SMILES string of the molecule is C=N/C=C\C(=NC)N1C(C(C)C#N)=CNC1c1ccc2ccccc2c1. The zero-order valence-corrected chi connectivity index (χ0v) is 14.9. The molecule has 1 aliphatic heterocycles. The lowest BCUT2D eigenvalue weighted by molar-refractivity contribution is 0.374. The van der Waals surface area contributed by atoms with Gasteiger partial charge in [0.25, 0.3) is 0 Å². The molecule has 0 radical (unpaired) electrons. The molecule has 0 amide bonds. The molecule has 0 aliphatic carbocycles. The number of amidine groups is 1. The number of nitriles is 1. The highest BCUT2D eigenvalue weighted by Gasteiger charge is 2.32. The Balaban J connectivity index is 2.05. The second-order valence-corrected chi connectivity index (χ2v) is 6.05. The van der Waals surface area contributed by atoms with Gasteiger partial charge in [-0.1, -0.05) is 36.4 Å². The quantitative estimate of drug-likeness (QED) is 0.674. The van der Waals surface area contributed by atoms with Crippen molar-refractivity contribution in [2.45, 2.75) is 13.1 Å². The molecule has 0 spiro atoms. The maximum atomic E-state index is 9.41. The molecule has 0 aromatic heterocycles. The van der Waals surface area contributed by atoms with Crippen LogP contribution < -0.4 is 5.32 Å². The van der Waals surface area contributed by atoms with E-state index in [1.165, 1.54) is 10.8 Å². The average molecular weight is 343 g/mol. The van der Waals surface area contributed by atoms with E-state index >= 15 is 0 Å². The molecule has 2 atom stereocenters. The summed E-state index contributed by atoms with van der Waals surface area (Å²) in [6.45, 7) is 5.36. The highest BCUT2D eigenvalue weighted by molar-refractivity contribution is 5.95. The van der Waals surface area contributed by atoms with Gasteiger partial charge < -0.3 is 10.2 Å². The van der Waals surface area contributed by atoms with Gasteiger partial charge in [0.1, 0.15) is 12.0 Å². The molecule has 2 unspecified atom stereocenters. The van der Waals surface area contributed by atoms with Crippen molar-refractivity contribution in [2.75, 3.05) is 7.05 Å². The maximum absolute atomic E-state index is 9.41. The van der Waals surface area contributed by atoms with Crippen molar-refractivity contribution in [1.29, 1.82) is 5.26 Å². The Morgan fingerprint density at radius 2 is 2.08 bits per heavy atom. The number of nitrogens with zero attached hydrogens (tertiary/aromatic N) is 4. The van der Waals surface area contributed by atoms with Gasteiger partial charge in [0.2, 0.25) is 0 Å². The van der Waals surface area contributed by atoms with Gasteiger partial charge in [0.15, 0.2) is 0 Å². The van der Waals surface area contributed by atoms with E-state index in [4.69, 9.17) is 0 Å². The van der Waals surface area contributed by atoms with Crippen molar-refractivity contribution in [3.63, 3.8) is 0 Å². The minimum Gasteiger partial charge on any atom is -0.366 e. The highest BCUT2D eigenvalue weighted by atomic mass is 15.3. The molecule has 0 bridgehead atoms. The zero-order chi connectivity index (χ0) is 18.5. The number of hydrogen-bond acceptors (Lipinski definition) is 4. The summed E-state index contributed by atoms with van der Waals surface area (Å²) in [5.41, 5.74) is 1.97. The molecule has 130 valence electrons. The smallest absolute Gasteiger partial charge is 0.131 e. The first kappa shape index (κ1) is 17.4. The number of hydrogen-bond donors (Lipinski definition) is 1. The summed E-state index contributed by atoms with van der Waals surface area (Å²) in [6.07, 6.45) is 5.16. The van der Waals surface area contributed by atoms with Crippen LogP contribution in [0.25, 0.3) is 10.8 Å². The molecular formula is C21H21N5. The van der Waals surface area contributed by atoms with Gasteiger partial charge in [-0.3, -0.25) is 9.98 Å². The van der Waals surface area contributed by atoms with E-state index in [9.17, 15) is 5.26 Å². The van der Waals surface area contributed by atoms with Crippen molar-refractivity contribution in [3.05, 3.63) is 72.2 Å². The minimum atomic E-state index is -0.269. The number of benzene rings is 2. The molecule has 2 aromatic carbocycles. The Morgan fingerprint density at radius 1 is 1.31 bits per heavy atom. The van der Waals surface area contributed by atoms with E-state index in [1.54, 1.807) is 19.3 Å². The Hall–Kier alpha value is -3.39. The second kappa shape index (κ2) is 7.66. The van der Waals surface area contributed by atoms with Gasteiger partial charge in [-0.25, -0.2) is 0 Å². The first-order valence-electron chi connectivity index (χ1n) is 8.42. The van der Waals surface area contributed by atoms with Gasteiger partial charge in [-0.15, -0.1) is 0 Å². The van der Waals surface area contributed by atoms with Crippen LogP contribution in [-0.2, 0) is 0 Å². The molecule has 0 fully saturated rings. The maximum Gasteiger partial charge on any atom is 0.131 e. The van der Waals surface area contributed by atoms with E-state index in [1.807, 2.05) is 30.2 Å². The third-order valence-corrected chi connectivity index (χ3v) is 4.46. The van der Waals surface area contributed by atoms with Crippen molar-refractivity contribution in [2.24, 2.45) is 15.9 Å². The van der Waals surface area contributed by atoms with E-state index in [0.29, 0.717) is 5.84 Å². The van der Waals surface area contributed by atoms with Crippen LogP contribution in [-0.4, -0.2) is 24.5 Å². The number of allylic oxidation sites excluding steroid dienone is 1. The third-order valence-electron chi connectivity index (χ3n) is 4.46. The Labute approximate surface area is 153 Å². The molecular weight excluding hydrogens is 322 g/mol. The van der Waals surface area contributed by atoms with Crippen LogP contribution in [0.3, 0.4) is 0 Å². The summed E-state index contributed by atoms with van der Waals surface area (Å²) in [6, 6.07) is 16.9. The molecule has 0 saturated heterocycles. The monoisotopic (exact) mass is 343 g/mol. The first-order valence-corrected chi connectivity index (χ1v) is 8.42. The van der Waals surface area contributed by atoms with E-state index in [-0.39, 0.29) is 12.1 Å². The molecule has 1 aliphatic rings. The molecule has 1 heterocycles. The van der Waals surface area contributed by atoms with E-state index in [2.05, 4.69) is 58.4 Å². The predicted octanol–water partition coefficient (Wildman–Crippen LogP) is 3.99. The summed E-state index contributed by atoms with van der Waals surface area (Å²) in [5, 5.41) is 15.2. The van der Waals surface area contributed by atoms with Crippen molar-refractivity contribution < 1.29 is 0 Å². The Morgan fingerprint density at radius 3 is 2.77 bits per heavy atom. The molecule has 1 N–H and O–H groups in total. The number of aliphatic imine (C=N–C) groups is 2. The minimum absolute atomic E-state index is 0.140. The fraction of sp³-hybridized carbons (Fsp3) is 0.190. The van der Waals surface area contributed by atoms with Crippen LogP contribution in [0.15, 0.2) is 76.6 Å². The summed E-state index contributed by atoms with van der Waals surface area (Å²) >= 11 is 0. The summed E-state index contributed by atoms with van der Waals surface area (Å²) in [5.74, 6) is 0.448. The molecule has 2 aromatic rings. The van der Waals surface area contributed by atoms with Crippen LogP contribution in [0.2, 0.25) is 0 Å². The van der Waals surface area contributed by atoms with E-state index in [0.717, 1.165) is 11.3 Å². The second-order valence-electron chi connectivity index (χ2n) is 6.05. The predicted molar refractivity (Wildman–Crippen MR) is 107 cm³/mol. The van der Waals surface area contributed by atoms with Crippen LogP contribution >= 0.6 is 0 Å². The molecule has 5 nitrogen and oxygen atoms in total.